The third-order valence-electron chi connectivity index (χ3n) is 15.6. The zero-order chi connectivity index (χ0) is 45.8. The highest BCUT2D eigenvalue weighted by molar-refractivity contribution is 6.00. The van der Waals surface area contributed by atoms with Crippen molar-refractivity contribution in [1.82, 2.24) is 48.3 Å². The summed E-state index contributed by atoms with van der Waals surface area (Å²) in [4.78, 5) is 47.8. The lowest BCUT2D eigenvalue weighted by Crippen LogP contribution is -2.47. The number of hydrogen-bond donors (Lipinski definition) is 1. The van der Waals surface area contributed by atoms with E-state index in [2.05, 4.69) is 58.8 Å². The quantitative estimate of drug-likeness (QED) is 0.161. The molecule has 342 valence electrons. The van der Waals surface area contributed by atoms with Crippen LogP contribution in [0.3, 0.4) is 0 Å². The first-order chi connectivity index (χ1) is 32.3. The fourth-order valence-corrected chi connectivity index (χ4v) is 12.0. The molecule has 3 aromatic carbocycles. The molecule has 5 atom stereocenters. The van der Waals surface area contributed by atoms with Gasteiger partial charge in [-0.1, -0.05) is 18.1 Å². The number of carbonyl (C=O) groups excluding carboxylic acids is 1. The maximum absolute atomic E-state index is 16.2. The van der Waals surface area contributed by atoms with E-state index in [1.54, 1.807) is 40.8 Å². The van der Waals surface area contributed by atoms with Gasteiger partial charge in [0.05, 0.1) is 45.8 Å². The number of benzene rings is 3. The second kappa shape index (κ2) is 14.1. The van der Waals surface area contributed by atoms with Crippen molar-refractivity contribution in [2.24, 2.45) is 13.0 Å². The molecule has 6 aliphatic rings. The molecule has 67 heavy (non-hydrogen) atoms. The van der Waals surface area contributed by atoms with E-state index in [-0.39, 0.29) is 52.1 Å². The minimum atomic E-state index is -0.844. The van der Waals surface area contributed by atoms with Crippen molar-refractivity contribution >= 4 is 27.7 Å². The molecule has 8 heterocycles. The van der Waals surface area contributed by atoms with Crippen molar-refractivity contribution < 1.29 is 22.8 Å². The van der Waals surface area contributed by atoms with Crippen LogP contribution in [0.1, 0.15) is 128 Å². The Kier molecular flexibility index (Phi) is 8.49. The molecule has 3 aliphatic carbocycles. The Labute approximate surface area is 381 Å². The summed E-state index contributed by atoms with van der Waals surface area (Å²) in [7, 11) is 1.73. The zero-order valence-electron chi connectivity index (χ0n) is 37.5. The lowest BCUT2D eigenvalue weighted by molar-refractivity contribution is -0.0592. The van der Waals surface area contributed by atoms with E-state index in [1.165, 1.54) is 33.2 Å². The average Bonchev–Trinajstić information content (AvgIpc) is 3.87. The number of halogens is 2. The monoisotopic (exact) mass is 906 g/mol. The van der Waals surface area contributed by atoms with Gasteiger partial charge in [-0.05, 0) is 136 Å². The van der Waals surface area contributed by atoms with Gasteiger partial charge in [0, 0.05) is 55.0 Å². The average molecular weight is 907 g/mol. The molecule has 2 bridgehead atoms. The SMILES string of the molecule is C[C@H]1C[C@]1(c1noc(=O)[nH]1)n1c(C(=O)N2CC3CCC2c2c3nn(-c3ccc(F)c(C4CC4)c3)c2-n2ccn(-c3ccc4c(cnn4C)c3F)c2=O)cc2cc([C@H]3CCOC(C)(C)C3)ccc21. The second-order valence-electron chi connectivity index (χ2n) is 20.1. The summed E-state index contributed by atoms with van der Waals surface area (Å²) >= 11 is 0. The highest BCUT2D eigenvalue weighted by Crippen LogP contribution is 2.57. The molecule has 17 heteroatoms. The molecular weight excluding hydrogens is 859 g/mol. The van der Waals surface area contributed by atoms with Crippen molar-refractivity contribution in [3.63, 3.8) is 0 Å². The van der Waals surface area contributed by atoms with Crippen LogP contribution < -0.4 is 11.4 Å². The van der Waals surface area contributed by atoms with E-state index >= 15 is 13.6 Å². The standard InChI is InChI=1S/C50H48F2N10O5/c1-26-22-50(26,46-54-47(64)67-56-46)61-36-11-7-28(29-15-18-66-49(2,3)23-29)19-31(36)20-40(61)45(63)60-25-30-8-12-38(60)41-43(30)55-62(32-9-10-35(51)33(21-32)27-5-6-27)44(41)59-17-16-58(48(59)65)39-14-13-37-34(42(39)52)24-53-57(37)4/h7,9-11,13-14,16-17,19-21,24,26-27,29-30,38H,5-6,8,12,15,18,22-23,25H2,1-4H3,(H,54,56,64)/t26-,29-,30?,38?,50-/m0/s1. The summed E-state index contributed by atoms with van der Waals surface area (Å²) in [5, 5.41) is 14.8. The number of imidazole rings is 1. The Balaban J connectivity index is 0.969. The molecule has 15 nitrogen and oxygen atoms in total. The van der Waals surface area contributed by atoms with Crippen LogP contribution in [0.4, 0.5) is 8.78 Å². The van der Waals surface area contributed by atoms with Crippen LogP contribution in [0.15, 0.2) is 87.3 Å². The van der Waals surface area contributed by atoms with E-state index in [1.807, 2.05) is 17.0 Å². The lowest BCUT2D eigenvalue weighted by atomic mass is 9.78. The zero-order valence-corrected chi connectivity index (χ0v) is 37.5. The first kappa shape index (κ1) is 40.4. The van der Waals surface area contributed by atoms with E-state index in [9.17, 15) is 9.59 Å². The number of aromatic nitrogens is 9. The largest absolute Gasteiger partial charge is 0.438 e. The first-order valence-electron chi connectivity index (χ1n) is 23.3. The number of nitrogens with zero attached hydrogens (tertiary/aromatic N) is 9. The Morgan fingerprint density at radius 2 is 1.69 bits per heavy atom. The summed E-state index contributed by atoms with van der Waals surface area (Å²) in [6.45, 7) is 7.36. The number of carbonyl (C=O) groups is 1. The molecule has 2 saturated heterocycles. The molecular formula is C50H48F2N10O5. The molecule has 2 unspecified atom stereocenters. The Morgan fingerprint density at radius 3 is 2.45 bits per heavy atom. The third kappa shape index (κ3) is 5.95. The molecule has 8 aromatic rings. The smallest absolute Gasteiger partial charge is 0.376 e. The molecule has 14 rings (SSSR count). The van der Waals surface area contributed by atoms with Crippen LogP contribution in [-0.2, 0) is 17.3 Å². The maximum Gasteiger partial charge on any atom is 0.438 e. The summed E-state index contributed by atoms with van der Waals surface area (Å²) in [6.07, 6.45) is 10.1. The molecule has 0 radical (unpaired) electrons. The van der Waals surface area contributed by atoms with Crippen LogP contribution >= 0.6 is 0 Å². The van der Waals surface area contributed by atoms with Crippen LogP contribution in [0.25, 0.3) is 39.0 Å². The van der Waals surface area contributed by atoms with Gasteiger partial charge < -0.3 is 14.2 Å². The third-order valence-corrected chi connectivity index (χ3v) is 15.6. The number of aromatic amines is 1. The number of fused-ring (bicyclic) bond motifs is 4. The summed E-state index contributed by atoms with van der Waals surface area (Å²) in [5.74, 6) is -0.754. The number of nitrogens with one attached hydrogen (secondary N) is 1. The molecule has 0 spiro atoms. The van der Waals surface area contributed by atoms with Crippen molar-refractivity contribution in [2.75, 3.05) is 13.2 Å². The van der Waals surface area contributed by atoms with Crippen molar-refractivity contribution in [3.8, 4) is 17.2 Å². The van der Waals surface area contributed by atoms with Gasteiger partial charge >= 0.3 is 11.4 Å². The van der Waals surface area contributed by atoms with Gasteiger partial charge in [-0.2, -0.15) is 10.2 Å². The summed E-state index contributed by atoms with van der Waals surface area (Å²) in [5.41, 5.74) is 4.16. The molecule has 2 saturated carbocycles. The normalized spacial score (nSPS) is 24.2. The van der Waals surface area contributed by atoms with Crippen molar-refractivity contribution in [2.45, 2.75) is 101 Å². The lowest BCUT2D eigenvalue weighted by Gasteiger charge is -2.44. The number of H-pyrrole nitrogens is 1. The Bertz CT molecular complexity index is 3510. The minimum absolute atomic E-state index is 0.0106. The highest BCUT2D eigenvalue weighted by atomic mass is 19.1. The fourth-order valence-electron chi connectivity index (χ4n) is 12.0. The van der Waals surface area contributed by atoms with E-state index in [4.69, 9.17) is 14.4 Å². The van der Waals surface area contributed by atoms with Gasteiger partial charge in [0.15, 0.2) is 11.6 Å². The van der Waals surface area contributed by atoms with Crippen LogP contribution in [0, 0.1) is 17.6 Å². The van der Waals surface area contributed by atoms with Gasteiger partial charge in [0.25, 0.3) is 5.91 Å². The minimum Gasteiger partial charge on any atom is -0.376 e. The second-order valence-corrected chi connectivity index (χ2v) is 20.1. The van der Waals surface area contributed by atoms with Crippen molar-refractivity contribution in [1.29, 1.82) is 0 Å². The van der Waals surface area contributed by atoms with Gasteiger partial charge in [-0.3, -0.25) is 28.1 Å². The van der Waals surface area contributed by atoms with Crippen LogP contribution in [0.2, 0.25) is 0 Å². The first-order valence-corrected chi connectivity index (χ1v) is 23.3. The van der Waals surface area contributed by atoms with Gasteiger partial charge in [0.1, 0.15) is 22.9 Å². The number of piperidine rings is 1. The number of aryl methyl sites for hydroxylation is 1. The molecule has 1 N–H and O–H groups in total. The highest BCUT2D eigenvalue weighted by Gasteiger charge is 2.59. The fraction of sp³-hybridized carbons (Fsp3) is 0.400. The van der Waals surface area contributed by atoms with Crippen LogP contribution in [0.5, 0.6) is 0 Å². The van der Waals surface area contributed by atoms with Gasteiger partial charge in [-0.25, -0.2) is 23.1 Å². The number of hydrogen-bond acceptors (Lipinski definition) is 8. The van der Waals surface area contributed by atoms with E-state index in [0.717, 1.165) is 54.3 Å². The van der Waals surface area contributed by atoms with E-state index in [0.29, 0.717) is 60.1 Å². The van der Waals surface area contributed by atoms with Gasteiger partial charge in [-0.15, -0.1) is 0 Å². The summed E-state index contributed by atoms with van der Waals surface area (Å²) < 4.78 is 50.8. The van der Waals surface area contributed by atoms with Crippen LogP contribution in [-0.4, -0.2) is 73.0 Å². The number of amides is 1. The molecule has 4 fully saturated rings. The topological polar surface area (TPSA) is 156 Å². The number of rotatable bonds is 8. The molecule has 5 aromatic heterocycles. The molecule has 3 aliphatic heterocycles. The molecule has 1 amide bonds. The van der Waals surface area contributed by atoms with Crippen molar-refractivity contribution in [3.05, 3.63) is 140 Å². The predicted octanol–water partition coefficient (Wildman–Crippen LogP) is 8.02. The maximum atomic E-state index is 16.2. The van der Waals surface area contributed by atoms with E-state index < -0.39 is 28.8 Å². The Hall–Kier alpha value is -6.88. The summed E-state index contributed by atoms with van der Waals surface area (Å²) in [6, 6.07) is 16.1. The predicted molar refractivity (Wildman–Crippen MR) is 242 cm³/mol. The van der Waals surface area contributed by atoms with Gasteiger partial charge in [0.2, 0.25) is 0 Å². The number of ether oxygens (including phenoxy) is 1. The Morgan fingerprint density at radius 1 is 0.896 bits per heavy atom.